The third-order valence-corrected chi connectivity index (χ3v) is 2.75. The lowest BCUT2D eigenvalue weighted by molar-refractivity contribution is 0.374. The number of halogens is 1. The lowest BCUT2D eigenvalue weighted by atomic mass is 10.3. The summed E-state index contributed by atoms with van der Waals surface area (Å²) in [6.45, 7) is 2.19. The second-order valence-corrected chi connectivity index (χ2v) is 4.30. The minimum atomic E-state index is -4.59. The molecule has 0 N–H and O–H groups in total. The Morgan fingerprint density at radius 1 is 1.36 bits per heavy atom. The Morgan fingerprint density at radius 3 is 2.36 bits per heavy atom. The number of hydrogen-bond acceptors (Lipinski definition) is 3. The number of nitrogens with zero attached hydrogens (tertiary/aromatic N) is 2. The summed E-state index contributed by atoms with van der Waals surface area (Å²) >= 11 is 0. The molecule has 0 aromatic heterocycles. The van der Waals surface area contributed by atoms with Crippen LogP contribution in [0.1, 0.15) is 32.6 Å². The molecule has 0 saturated carbocycles. The first-order chi connectivity index (χ1) is 6.52. The summed E-state index contributed by atoms with van der Waals surface area (Å²) in [5.74, 6) is 0. The molecule has 0 saturated heterocycles. The monoisotopic (exact) mass is 222 g/mol. The van der Waals surface area contributed by atoms with Gasteiger partial charge in [-0.3, -0.25) is 0 Å². The third-order valence-electron chi connectivity index (χ3n) is 1.77. The normalized spacial score (nSPS) is 11.6. The Kier molecular flexibility index (Phi) is 6.41. The van der Waals surface area contributed by atoms with E-state index in [4.69, 9.17) is 5.26 Å². The highest BCUT2D eigenvalue weighted by Gasteiger charge is 2.19. The Hall–Kier alpha value is -0.670. The smallest absolute Gasteiger partial charge is 0.198 e. The van der Waals surface area contributed by atoms with E-state index in [-0.39, 0.29) is 19.5 Å². The third kappa shape index (κ3) is 5.89. The van der Waals surface area contributed by atoms with Crippen LogP contribution < -0.4 is 0 Å². The minimum Gasteiger partial charge on any atom is -0.198 e. The maximum Gasteiger partial charge on any atom is 0.374 e. The van der Waals surface area contributed by atoms with Crippen LogP contribution in [-0.4, -0.2) is 25.8 Å². The van der Waals surface area contributed by atoms with Crippen molar-refractivity contribution >= 4 is 10.4 Å². The largest absolute Gasteiger partial charge is 0.374 e. The Bertz CT molecular complexity index is 284. The van der Waals surface area contributed by atoms with E-state index < -0.39 is 10.4 Å². The fourth-order valence-electron chi connectivity index (χ4n) is 0.999. The number of nitriles is 1. The van der Waals surface area contributed by atoms with Gasteiger partial charge in [0.1, 0.15) is 0 Å². The van der Waals surface area contributed by atoms with Crippen LogP contribution in [0, 0.1) is 11.3 Å². The summed E-state index contributed by atoms with van der Waals surface area (Å²) < 4.78 is 34.6. The van der Waals surface area contributed by atoms with Crippen LogP contribution in [0.2, 0.25) is 0 Å². The summed E-state index contributed by atoms with van der Waals surface area (Å²) in [7, 11) is -4.59. The molecule has 0 aromatic carbocycles. The van der Waals surface area contributed by atoms with Gasteiger partial charge in [0.05, 0.1) is 6.07 Å². The van der Waals surface area contributed by atoms with Gasteiger partial charge in [-0.15, -0.1) is 0 Å². The van der Waals surface area contributed by atoms with Crippen molar-refractivity contribution in [2.24, 2.45) is 0 Å². The molecule has 0 atom stereocenters. The van der Waals surface area contributed by atoms with Gasteiger partial charge in [0.25, 0.3) is 0 Å². The van der Waals surface area contributed by atoms with Crippen LogP contribution in [0.5, 0.6) is 0 Å². The highest BCUT2D eigenvalue weighted by Crippen LogP contribution is 2.07. The fourth-order valence-corrected chi connectivity index (χ4v) is 1.69. The number of hydrogen-bond donors (Lipinski definition) is 0. The molecule has 0 rings (SSSR count). The zero-order valence-corrected chi connectivity index (χ0v) is 9.06. The van der Waals surface area contributed by atoms with Gasteiger partial charge in [-0.05, 0) is 12.8 Å². The predicted octanol–water partition coefficient (Wildman–Crippen LogP) is 1.61. The van der Waals surface area contributed by atoms with Gasteiger partial charge in [-0.1, -0.05) is 17.2 Å². The van der Waals surface area contributed by atoms with Crippen molar-refractivity contribution in [3.05, 3.63) is 0 Å². The molecular weight excluding hydrogens is 207 g/mol. The average molecular weight is 222 g/mol. The van der Waals surface area contributed by atoms with Gasteiger partial charge in [-0.2, -0.15) is 18.0 Å². The first kappa shape index (κ1) is 13.3. The van der Waals surface area contributed by atoms with Crippen LogP contribution >= 0.6 is 0 Å². The minimum absolute atomic E-state index is 0.0897. The highest BCUT2D eigenvalue weighted by atomic mass is 32.3. The Morgan fingerprint density at radius 2 is 1.93 bits per heavy atom. The van der Waals surface area contributed by atoms with Crippen LogP contribution in [0.3, 0.4) is 0 Å². The number of unbranched alkanes of at least 4 members (excludes halogenated alkanes) is 2. The SMILES string of the molecule is CCCCN(CCCC#N)S(=O)(=O)F. The topological polar surface area (TPSA) is 61.2 Å². The van der Waals surface area contributed by atoms with Gasteiger partial charge < -0.3 is 0 Å². The molecule has 0 aliphatic rings. The summed E-state index contributed by atoms with van der Waals surface area (Å²) in [6.07, 6.45) is 2.07. The van der Waals surface area contributed by atoms with Crippen LogP contribution in [0.15, 0.2) is 0 Å². The molecule has 4 nitrogen and oxygen atoms in total. The Labute approximate surface area is 84.7 Å². The van der Waals surface area contributed by atoms with Crippen molar-refractivity contribution in [2.45, 2.75) is 32.6 Å². The van der Waals surface area contributed by atoms with Crippen molar-refractivity contribution < 1.29 is 12.3 Å². The van der Waals surface area contributed by atoms with E-state index in [2.05, 4.69) is 0 Å². The molecule has 0 bridgehead atoms. The maximum atomic E-state index is 12.6. The van der Waals surface area contributed by atoms with Crippen LogP contribution in [0.25, 0.3) is 0 Å². The highest BCUT2D eigenvalue weighted by molar-refractivity contribution is 7.83. The van der Waals surface area contributed by atoms with Crippen molar-refractivity contribution in [1.82, 2.24) is 4.31 Å². The molecule has 0 amide bonds. The molecule has 0 heterocycles. The van der Waals surface area contributed by atoms with E-state index in [1.807, 2.05) is 13.0 Å². The van der Waals surface area contributed by atoms with Gasteiger partial charge in [-0.25, -0.2) is 0 Å². The quantitative estimate of drug-likeness (QED) is 0.485. The predicted molar refractivity (Wildman–Crippen MR) is 51.4 cm³/mol. The zero-order valence-electron chi connectivity index (χ0n) is 8.24. The Balaban J connectivity index is 4.07. The molecule has 0 aliphatic carbocycles. The molecule has 6 heteroatoms. The first-order valence-electron chi connectivity index (χ1n) is 4.59. The van der Waals surface area contributed by atoms with Crippen LogP contribution in [-0.2, 0) is 10.4 Å². The molecule has 82 valence electrons. The van der Waals surface area contributed by atoms with E-state index in [9.17, 15) is 12.3 Å². The summed E-state index contributed by atoms with van der Waals surface area (Å²) in [6, 6.07) is 1.89. The summed E-state index contributed by atoms with van der Waals surface area (Å²) in [4.78, 5) is 0. The lowest BCUT2D eigenvalue weighted by Gasteiger charge is -2.15. The van der Waals surface area contributed by atoms with E-state index in [0.29, 0.717) is 12.8 Å². The molecule has 0 fully saturated rings. The molecule has 0 radical (unpaired) electrons. The van der Waals surface area contributed by atoms with Crippen molar-refractivity contribution in [2.75, 3.05) is 13.1 Å². The van der Waals surface area contributed by atoms with E-state index in [1.54, 1.807) is 0 Å². The summed E-state index contributed by atoms with van der Waals surface area (Å²) in [5, 5.41) is 8.25. The van der Waals surface area contributed by atoms with Crippen LogP contribution in [0.4, 0.5) is 3.89 Å². The fraction of sp³-hybridized carbons (Fsp3) is 0.875. The van der Waals surface area contributed by atoms with E-state index >= 15 is 0 Å². The summed E-state index contributed by atoms with van der Waals surface area (Å²) in [5.41, 5.74) is 0. The van der Waals surface area contributed by atoms with Crippen molar-refractivity contribution in [1.29, 1.82) is 5.26 Å². The molecule has 14 heavy (non-hydrogen) atoms. The van der Waals surface area contributed by atoms with E-state index in [0.717, 1.165) is 10.7 Å². The van der Waals surface area contributed by atoms with Gasteiger partial charge in [0.15, 0.2) is 0 Å². The maximum absolute atomic E-state index is 12.6. The molecule has 0 aromatic rings. The molecule has 0 spiro atoms. The van der Waals surface area contributed by atoms with Gasteiger partial charge in [0, 0.05) is 19.5 Å². The molecule has 0 aliphatic heterocycles. The zero-order chi connectivity index (χ0) is 11.0. The first-order valence-corrected chi connectivity index (χ1v) is 5.93. The second-order valence-electron chi connectivity index (χ2n) is 2.96. The van der Waals surface area contributed by atoms with Gasteiger partial charge in [0.2, 0.25) is 0 Å². The second kappa shape index (κ2) is 6.74. The molecule has 0 unspecified atom stereocenters. The standard InChI is InChI=1S/C8H15FN2O2S/c1-2-3-7-11(14(9,12)13)8-5-4-6-10/h2-5,7-8H2,1H3. The van der Waals surface area contributed by atoms with Crippen molar-refractivity contribution in [3.8, 4) is 6.07 Å². The molecular formula is C8H15FN2O2S. The van der Waals surface area contributed by atoms with Gasteiger partial charge >= 0.3 is 10.4 Å². The number of rotatable bonds is 7. The average Bonchev–Trinajstić information content (AvgIpc) is 2.09. The lowest BCUT2D eigenvalue weighted by Crippen LogP contribution is -2.29. The van der Waals surface area contributed by atoms with E-state index in [1.165, 1.54) is 0 Å². The van der Waals surface area contributed by atoms with Crippen molar-refractivity contribution in [3.63, 3.8) is 0 Å².